The SMILES string of the molecule is CNC(=O)C(CC(C)C)NC=O. The topological polar surface area (TPSA) is 58.2 Å². The Bertz CT molecular complexity index is 157. The maximum Gasteiger partial charge on any atom is 0.242 e. The van der Waals surface area contributed by atoms with E-state index in [2.05, 4.69) is 10.6 Å². The summed E-state index contributed by atoms with van der Waals surface area (Å²) in [6.45, 7) is 4.00. The summed E-state index contributed by atoms with van der Waals surface area (Å²) in [5.41, 5.74) is 0. The third kappa shape index (κ3) is 3.95. The molecule has 0 fully saturated rings. The lowest BCUT2D eigenvalue weighted by Gasteiger charge is -2.15. The van der Waals surface area contributed by atoms with Gasteiger partial charge >= 0.3 is 0 Å². The molecular formula is C8H16N2O2. The molecular weight excluding hydrogens is 156 g/mol. The van der Waals surface area contributed by atoms with Crippen LogP contribution in [0.2, 0.25) is 0 Å². The zero-order chi connectivity index (χ0) is 9.56. The molecule has 70 valence electrons. The van der Waals surface area contributed by atoms with Gasteiger partial charge in [-0.2, -0.15) is 0 Å². The minimum Gasteiger partial charge on any atom is -0.357 e. The van der Waals surface area contributed by atoms with Crippen molar-refractivity contribution in [2.24, 2.45) is 5.92 Å². The molecule has 0 aromatic heterocycles. The van der Waals surface area contributed by atoms with Gasteiger partial charge in [0.25, 0.3) is 0 Å². The molecule has 0 rings (SSSR count). The molecule has 1 atom stereocenters. The van der Waals surface area contributed by atoms with Gasteiger partial charge in [-0.05, 0) is 12.3 Å². The van der Waals surface area contributed by atoms with E-state index in [1.54, 1.807) is 7.05 Å². The fourth-order valence-corrected chi connectivity index (χ4v) is 0.979. The van der Waals surface area contributed by atoms with Crippen molar-refractivity contribution in [3.05, 3.63) is 0 Å². The van der Waals surface area contributed by atoms with E-state index < -0.39 is 6.04 Å². The number of hydrogen-bond donors (Lipinski definition) is 2. The molecule has 0 aromatic rings. The second-order valence-electron chi connectivity index (χ2n) is 3.08. The van der Waals surface area contributed by atoms with E-state index in [4.69, 9.17) is 0 Å². The van der Waals surface area contributed by atoms with Crippen LogP contribution in [0.1, 0.15) is 20.3 Å². The van der Waals surface area contributed by atoms with Crippen LogP contribution in [0.3, 0.4) is 0 Å². The van der Waals surface area contributed by atoms with Crippen LogP contribution < -0.4 is 10.6 Å². The molecule has 0 heterocycles. The molecule has 2 N–H and O–H groups in total. The molecule has 0 spiro atoms. The Hall–Kier alpha value is -1.06. The molecule has 0 aliphatic carbocycles. The Morgan fingerprint density at radius 3 is 2.42 bits per heavy atom. The third-order valence-electron chi connectivity index (χ3n) is 1.54. The van der Waals surface area contributed by atoms with Crippen molar-refractivity contribution < 1.29 is 9.59 Å². The van der Waals surface area contributed by atoms with Crippen LogP contribution in [-0.4, -0.2) is 25.4 Å². The fraction of sp³-hybridized carbons (Fsp3) is 0.750. The number of carbonyl (C=O) groups excluding carboxylic acids is 2. The summed E-state index contributed by atoms with van der Waals surface area (Å²) in [7, 11) is 1.56. The first-order chi connectivity index (χ1) is 5.61. The van der Waals surface area contributed by atoms with Gasteiger partial charge in [-0.1, -0.05) is 13.8 Å². The van der Waals surface area contributed by atoms with Crippen molar-refractivity contribution >= 4 is 12.3 Å². The van der Waals surface area contributed by atoms with Gasteiger partial charge in [0.1, 0.15) is 6.04 Å². The van der Waals surface area contributed by atoms with Crippen molar-refractivity contribution in [1.82, 2.24) is 10.6 Å². The second kappa shape index (κ2) is 5.57. The predicted molar refractivity (Wildman–Crippen MR) is 46.5 cm³/mol. The maximum atomic E-state index is 11.1. The molecule has 4 nitrogen and oxygen atoms in total. The van der Waals surface area contributed by atoms with Crippen molar-refractivity contribution in [1.29, 1.82) is 0 Å². The minimum atomic E-state index is -0.396. The van der Waals surface area contributed by atoms with Crippen molar-refractivity contribution in [2.45, 2.75) is 26.3 Å². The highest BCUT2D eigenvalue weighted by Crippen LogP contribution is 2.03. The van der Waals surface area contributed by atoms with E-state index in [0.29, 0.717) is 18.7 Å². The van der Waals surface area contributed by atoms with Gasteiger partial charge < -0.3 is 10.6 Å². The monoisotopic (exact) mass is 172 g/mol. The van der Waals surface area contributed by atoms with E-state index in [1.165, 1.54) is 0 Å². The zero-order valence-corrected chi connectivity index (χ0v) is 7.76. The highest BCUT2D eigenvalue weighted by Gasteiger charge is 2.16. The Labute approximate surface area is 72.7 Å². The van der Waals surface area contributed by atoms with E-state index in [1.807, 2.05) is 13.8 Å². The van der Waals surface area contributed by atoms with Crippen LogP contribution in [0.4, 0.5) is 0 Å². The summed E-state index contributed by atoms with van der Waals surface area (Å²) < 4.78 is 0. The quantitative estimate of drug-likeness (QED) is 0.569. The highest BCUT2D eigenvalue weighted by molar-refractivity contribution is 5.83. The Balaban J connectivity index is 4.02. The summed E-state index contributed by atoms with van der Waals surface area (Å²) in [4.78, 5) is 21.2. The lowest BCUT2D eigenvalue weighted by molar-refractivity contribution is -0.125. The van der Waals surface area contributed by atoms with Crippen LogP contribution in [-0.2, 0) is 9.59 Å². The van der Waals surface area contributed by atoms with Crippen LogP contribution in [0.15, 0.2) is 0 Å². The first-order valence-electron chi connectivity index (χ1n) is 4.03. The first kappa shape index (κ1) is 10.9. The van der Waals surface area contributed by atoms with Gasteiger partial charge in [0.2, 0.25) is 12.3 Å². The largest absolute Gasteiger partial charge is 0.357 e. The predicted octanol–water partition coefficient (Wildman–Crippen LogP) is -0.107. The summed E-state index contributed by atoms with van der Waals surface area (Å²) in [5, 5.41) is 4.97. The molecule has 1 unspecified atom stereocenters. The summed E-state index contributed by atoms with van der Waals surface area (Å²) in [6.07, 6.45) is 1.22. The molecule has 0 radical (unpaired) electrons. The maximum absolute atomic E-state index is 11.1. The van der Waals surface area contributed by atoms with Crippen LogP contribution in [0.25, 0.3) is 0 Å². The lowest BCUT2D eigenvalue weighted by Crippen LogP contribution is -2.43. The minimum absolute atomic E-state index is 0.143. The van der Waals surface area contributed by atoms with Gasteiger partial charge in [0.15, 0.2) is 0 Å². The molecule has 12 heavy (non-hydrogen) atoms. The molecule has 0 bridgehead atoms. The van der Waals surface area contributed by atoms with E-state index in [-0.39, 0.29) is 5.91 Å². The average molecular weight is 172 g/mol. The van der Waals surface area contributed by atoms with Crippen LogP contribution in [0, 0.1) is 5.92 Å². The number of nitrogens with one attached hydrogen (secondary N) is 2. The molecule has 2 amide bonds. The van der Waals surface area contributed by atoms with Crippen LogP contribution in [0.5, 0.6) is 0 Å². The van der Waals surface area contributed by atoms with Crippen LogP contribution >= 0.6 is 0 Å². The molecule has 4 heteroatoms. The van der Waals surface area contributed by atoms with Crippen molar-refractivity contribution in [3.8, 4) is 0 Å². The number of amides is 2. The Morgan fingerprint density at radius 1 is 1.50 bits per heavy atom. The summed E-state index contributed by atoms with van der Waals surface area (Å²) >= 11 is 0. The third-order valence-corrected chi connectivity index (χ3v) is 1.54. The second-order valence-corrected chi connectivity index (χ2v) is 3.08. The van der Waals surface area contributed by atoms with Gasteiger partial charge in [0.05, 0.1) is 0 Å². The van der Waals surface area contributed by atoms with Crippen molar-refractivity contribution in [2.75, 3.05) is 7.05 Å². The smallest absolute Gasteiger partial charge is 0.242 e. The lowest BCUT2D eigenvalue weighted by atomic mass is 10.0. The fourth-order valence-electron chi connectivity index (χ4n) is 0.979. The first-order valence-corrected chi connectivity index (χ1v) is 4.03. The normalized spacial score (nSPS) is 12.3. The Kier molecular flexibility index (Phi) is 5.08. The zero-order valence-electron chi connectivity index (χ0n) is 7.76. The molecule has 0 aromatic carbocycles. The highest BCUT2D eigenvalue weighted by atomic mass is 16.2. The number of rotatable bonds is 5. The molecule has 0 aliphatic rings. The molecule has 0 saturated carbocycles. The standard InChI is InChI=1S/C8H16N2O2/c1-6(2)4-7(10-5-11)8(12)9-3/h5-7H,4H2,1-3H3,(H,9,12)(H,10,11). The number of carbonyl (C=O) groups is 2. The van der Waals surface area contributed by atoms with E-state index in [0.717, 1.165) is 0 Å². The summed E-state index contributed by atoms with van der Waals surface area (Å²) in [6, 6.07) is -0.396. The average Bonchev–Trinajstić information content (AvgIpc) is 2.01. The number of hydrogen-bond acceptors (Lipinski definition) is 2. The van der Waals surface area contributed by atoms with Gasteiger partial charge in [-0.25, -0.2) is 0 Å². The van der Waals surface area contributed by atoms with Gasteiger partial charge in [-0.3, -0.25) is 9.59 Å². The van der Waals surface area contributed by atoms with Crippen molar-refractivity contribution in [3.63, 3.8) is 0 Å². The van der Waals surface area contributed by atoms with E-state index >= 15 is 0 Å². The van der Waals surface area contributed by atoms with E-state index in [9.17, 15) is 9.59 Å². The number of likely N-dealkylation sites (N-methyl/N-ethyl adjacent to an activating group) is 1. The Morgan fingerprint density at radius 2 is 2.08 bits per heavy atom. The summed E-state index contributed by atoms with van der Waals surface area (Å²) in [5.74, 6) is 0.246. The van der Waals surface area contributed by atoms with Gasteiger partial charge in [-0.15, -0.1) is 0 Å². The molecule has 0 saturated heterocycles. The van der Waals surface area contributed by atoms with Gasteiger partial charge in [0, 0.05) is 7.05 Å². The molecule has 0 aliphatic heterocycles.